The molecular weight excluding hydrogens is 1830 g/mol. The van der Waals surface area contributed by atoms with Gasteiger partial charge in [-0.2, -0.15) is 30.3 Å². The van der Waals surface area contributed by atoms with E-state index in [1.165, 1.54) is 64.0 Å². The number of carbonyl (C=O) groups is 2. The molecule has 0 radical (unpaired) electrons. The zero-order valence-corrected chi connectivity index (χ0v) is 74.8. The zero-order chi connectivity index (χ0) is 77.9. The molecule has 13 heteroatoms. The number of ketones is 2. The van der Waals surface area contributed by atoms with E-state index in [1.54, 1.807) is 23.3 Å². The zero-order valence-electron chi connectivity index (χ0n) is 66.6. The number of allylic oxidation sites excluding steroid dienone is 10. The molecule has 1 saturated carbocycles. The van der Waals surface area contributed by atoms with Gasteiger partial charge in [0.05, 0.1) is 0 Å². The van der Waals surface area contributed by atoms with E-state index in [9.17, 15) is 30.0 Å². The van der Waals surface area contributed by atoms with Crippen molar-refractivity contribution in [2.24, 2.45) is 76.4 Å². The fourth-order valence-corrected chi connectivity index (χ4v) is 21.7. The maximum Gasteiger partial charge on any atom is 1.00 e. The molecule has 6 nitrogen and oxygen atoms in total. The molecule has 0 aliphatic heterocycles. The van der Waals surface area contributed by atoms with Gasteiger partial charge in [0.2, 0.25) is 0 Å². The van der Waals surface area contributed by atoms with Crippen LogP contribution in [-0.4, -0.2) is 32.0 Å². The van der Waals surface area contributed by atoms with Crippen molar-refractivity contribution in [1.82, 2.24) is 0 Å². The molecule has 0 spiro atoms. The molecule has 4 N–H and O–H groups in total. The van der Waals surface area contributed by atoms with Gasteiger partial charge in [0.1, 0.15) is 22.7 Å². The molecule has 0 saturated heterocycles. The number of aliphatic hydroxyl groups is 2. The Morgan fingerprint density at radius 2 is 0.805 bits per heavy atom. The van der Waals surface area contributed by atoms with Crippen LogP contribution in [0.3, 0.4) is 0 Å². The van der Waals surface area contributed by atoms with Crippen molar-refractivity contribution in [2.45, 2.75) is 194 Å². The first-order valence-corrected chi connectivity index (χ1v) is 42.1. The minimum atomic E-state index is -1.24. The topological polar surface area (TPSA) is 115 Å². The van der Waals surface area contributed by atoms with Gasteiger partial charge >= 0.3 is 18.9 Å². The van der Waals surface area contributed by atoms with Crippen LogP contribution in [-0.2, 0) is 20.8 Å². The Morgan fingerprint density at radius 3 is 1.27 bits per heavy atom. The molecule has 14 aliphatic rings. The standard InChI is InChI=1S/C29H30Br2.C28H28Br2O2.C16H20O2.C16H18O2.C6H4Br.5CH4.HI.Li.H2/c1-17(2)24-15-26-28-23(19-7-11-21(31)12-8-19)14-13-22(18-5-9-20(30)10-6-18)27(28)25(24)16-29(26,3)4;1-16(2)22-15-23-17(3)14-24(22)26-25(23)27(31,18-4-8-20(29)9-5-18)12-13-28(26,32)19-6-10-21(30)11-7-19;2*1-8(2)10-7-11-9(3)6-12(10)16-14(18)5-4-13(17)15(11)16;7-6-4-2-1-3-5-6;;;;;;;;/h5-14,17,24-26H,15-16H2,1-4H3;4-14,16,22-24,31-32H,15H2,1-3H3;4-6,8,10-12,17-18H,7H2,1-3H3;4-6,8,10-12H,7H2,1-3H3;2-5H;5*1H4;1H;;1H/q;;;;-1;;;;;;;+1;/i;;;;;;;;;;;;1+1D. The van der Waals surface area contributed by atoms with E-state index in [0.717, 1.165) is 92.1 Å². The smallest absolute Gasteiger partial charge is 0.508 e. The van der Waals surface area contributed by atoms with Gasteiger partial charge in [-0.1, -0.05) is 286 Å². The largest absolute Gasteiger partial charge is 1.00 e. The summed E-state index contributed by atoms with van der Waals surface area (Å²) in [5.74, 6) is 7.71. The van der Waals surface area contributed by atoms with Crippen molar-refractivity contribution < 1.29 is 51.8 Å². The van der Waals surface area contributed by atoms with Crippen molar-refractivity contribution in [3.63, 3.8) is 0 Å². The number of aromatic hydroxyl groups is 2. The predicted molar refractivity (Wildman–Crippen MR) is 501 cm³/mol. The van der Waals surface area contributed by atoms with Gasteiger partial charge in [0.15, 0.2) is 11.6 Å². The maximum atomic E-state index is 12.3. The minimum Gasteiger partial charge on any atom is -0.508 e. The van der Waals surface area contributed by atoms with E-state index < -0.39 is 11.2 Å². The second-order valence-corrected chi connectivity index (χ2v) is 38.2. The van der Waals surface area contributed by atoms with E-state index in [0.29, 0.717) is 70.2 Å². The quantitative estimate of drug-likeness (QED) is 0.0301. The van der Waals surface area contributed by atoms with Crippen LogP contribution in [0.1, 0.15) is 219 Å². The van der Waals surface area contributed by atoms with Gasteiger partial charge in [0, 0.05) is 78.6 Å². The molecule has 602 valence electrons. The summed E-state index contributed by atoms with van der Waals surface area (Å²) in [7, 11) is 0. The first-order chi connectivity index (χ1) is 51.3. The first kappa shape index (κ1) is 95.4. The summed E-state index contributed by atoms with van der Waals surface area (Å²) in [5, 5.41) is 44.7. The van der Waals surface area contributed by atoms with Crippen molar-refractivity contribution in [3.8, 4) is 33.8 Å². The number of phenolic OH excluding ortho intramolecular Hbond substituents is 2. The Morgan fingerprint density at radius 1 is 0.434 bits per heavy atom. The molecule has 113 heavy (non-hydrogen) atoms. The van der Waals surface area contributed by atoms with Gasteiger partial charge in [-0.25, -0.2) is 0 Å². The van der Waals surface area contributed by atoms with Gasteiger partial charge < -0.3 is 20.4 Å². The van der Waals surface area contributed by atoms with Gasteiger partial charge in [0.25, 0.3) is 0 Å². The second kappa shape index (κ2) is 39.0. The fourth-order valence-electron chi connectivity index (χ4n) is 20.3. The molecule has 14 atom stereocenters. The minimum absolute atomic E-state index is 0. The molecule has 0 amide bonds. The van der Waals surface area contributed by atoms with Crippen molar-refractivity contribution in [1.29, 1.82) is 0 Å². The third-order valence-corrected chi connectivity index (χ3v) is 28.4. The molecular formula is C100H123Br5ILiO6. The summed E-state index contributed by atoms with van der Waals surface area (Å²) >= 11 is 17.5. The van der Waals surface area contributed by atoms with Gasteiger partial charge in [-0.3, -0.25) is 9.59 Å². The van der Waals surface area contributed by atoms with E-state index in [2.05, 4.69) is 255 Å². The van der Waals surface area contributed by atoms with Crippen molar-refractivity contribution in [3.05, 3.63) is 289 Å². The van der Waals surface area contributed by atoms with E-state index in [4.69, 9.17) is 2.97 Å². The van der Waals surface area contributed by atoms with Crippen molar-refractivity contribution in [2.75, 3.05) is 0 Å². The Labute approximate surface area is 752 Å². The van der Waals surface area contributed by atoms with Crippen LogP contribution in [0.2, 0.25) is 0 Å². The van der Waals surface area contributed by atoms with Crippen LogP contribution < -0.4 is 18.9 Å². The van der Waals surface area contributed by atoms with Crippen LogP contribution in [0.5, 0.6) is 11.5 Å². The molecule has 1 fully saturated rings. The maximum absolute atomic E-state index is 12.3. The third kappa shape index (κ3) is 18.7. The van der Waals surface area contributed by atoms with Crippen LogP contribution >= 0.6 is 104 Å². The SMILES string of the molecule is Brc1cc[c-]cc1.C.C.C.C.C.CC(C)C1CC2c3c(-c4ccc(Br)cc4)ccc(-c4ccc(Br)cc4)c3C1CC2(C)C.CC1=CC2C3=C(C(=O)C=CC3=O)C1CC2C(C)C.CC1=CC2C3=C(C1CC2C(C)C)C(O)(c1ccc(Br)cc1)C=CC3(O)c1ccc(Br)cc1.CC1=CC2c3c(O)ccc(O)c3C1CC2C(C)C.I.[2H][2H].[Li+]. The van der Waals surface area contributed by atoms with Crippen LogP contribution in [0.25, 0.3) is 22.3 Å². The molecule has 0 aromatic heterocycles. The number of hydrogen-bond donors (Lipinski definition) is 4. The van der Waals surface area contributed by atoms with Crippen LogP contribution in [0, 0.1) is 82.5 Å². The van der Waals surface area contributed by atoms with Crippen LogP contribution in [0.4, 0.5) is 0 Å². The van der Waals surface area contributed by atoms with E-state index >= 15 is 0 Å². The van der Waals surface area contributed by atoms with Gasteiger partial charge in [-0.05, 0) is 258 Å². The predicted octanol–water partition coefficient (Wildman–Crippen LogP) is 26.9. The summed E-state index contributed by atoms with van der Waals surface area (Å²) in [6.45, 7) is 29.7. The Kier molecular flexibility index (Phi) is 33.0. The molecule has 21 rings (SSSR count). The summed E-state index contributed by atoms with van der Waals surface area (Å²) in [6, 6.07) is 52.1. The van der Waals surface area contributed by atoms with E-state index in [1.807, 2.05) is 84.9 Å². The molecule has 7 aromatic rings. The summed E-state index contributed by atoms with van der Waals surface area (Å²) in [5.41, 5.74) is 17.7. The normalized spacial score (nSPS) is 26.7. The summed E-state index contributed by atoms with van der Waals surface area (Å²) in [6.07, 6.45) is 19.1. The Bertz CT molecular complexity index is 4770. The summed E-state index contributed by atoms with van der Waals surface area (Å²) < 4.78 is 15.3. The third-order valence-electron chi connectivity index (χ3n) is 25.8. The first-order valence-electron chi connectivity index (χ1n) is 39.1. The monoisotopic (exact) mass is 1950 g/mol. The number of phenols is 2. The molecule has 7 aromatic carbocycles. The summed E-state index contributed by atoms with van der Waals surface area (Å²) in [4.78, 5) is 24.2. The molecule has 14 unspecified atom stereocenters. The number of halogens is 6. The number of hydrogen-bond acceptors (Lipinski definition) is 6. The number of carbonyl (C=O) groups excluding carboxylic acids is 2. The second-order valence-electron chi connectivity index (χ2n) is 33.6. The molecule has 0 heterocycles. The average Bonchev–Trinajstić information content (AvgIpc) is 0.686. The number of fused-ring (bicyclic) bond motifs is 5. The number of rotatable bonds is 8. The van der Waals surface area contributed by atoms with Gasteiger partial charge in [-0.15, -0.1) is 24.0 Å². The average molecular weight is 1960 g/mol. The Balaban J connectivity index is 0.000000265. The molecule has 14 aliphatic carbocycles. The number of benzene rings is 7. The van der Waals surface area contributed by atoms with Crippen LogP contribution in [0.15, 0.2) is 250 Å². The Hall–Kier alpha value is -4.69. The fraction of sp³-hybridized carbons (Fsp3) is 0.420. The molecule has 8 bridgehead atoms. The van der Waals surface area contributed by atoms with E-state index in [-0.39, 0.29) is 127 Å². The van der Waals surface area contributed by atoms with Crippen molar-refractivity contribution >= 4 is 115 Å².